The van der Waals surface area contributed by atoms with Crippen LogP contribution in [0.5, 0.6) is 0 Å². The Morgan fingerprint density at radius 1 is 1.29 bits per heavy atom. The minimum atomic E-state index is -0.800. The quantitative estimate of drug-likeness (QED) is 0.644. The Bertz CT molecular complexity index is 621. The van der Waals surface area contributed by atoms with E-state index >= 15 is 0 Å². The van der Waals surface area contributed by atoms with Gasteiger partial charge in [-0.15, -0.1) is 0 Å². The molecule has 0 aromatic heterocycles. The zero-order valence-corrected chi connectivity index (χ0v) is 14.9. The zero-order chi connectivity index (χ0) is 17.5. The number of hydrogen-bond donors (Lipinski definition) is 1. The van der Waals surface area contributed by atoms with E-state index in [2.05, 4.69) is 5.32 Å². The molecule has 130 valence electrons. The van der Waals surface area contributed by atoms with Crippen LogP contribution in [0.2, 0.25) is 5.02 Å². The van der Waals surface area contributed by atoms with Crippen LogP contribution in [0.4, 0.5) is 0 Å². The predicted octanol–water partition coefficient (Wildman–Crippen LogP) is 4.04. The number of aryl methyl sites for hydroxylation is 1. The second kappa shape index (κ2) is 8.88. The maximum absolute atomic E-state index is 12.1. The van der Waals surface area contributed by atoms with Crippen LogP contribution in [0, 0.1) is 6.92 Å². The summed E-state index contributed by atoms with van der Waals surface area (Å²) < 4.78 is 5.16. The fourth-order valence-corrected chi connectivity index (χ4v) is 2.90. The highest BCUT2D eigenvalue weighted by Crippen LogP contribution is 2.18. The fourth-order valence-electron chi connectivity index (χ4n) is 2.71. The van der Waals surface area contributed by atoms with E-state index in [0.29, 0.717) is 5.02 Å². The number of halogens is 1. The lowest BCUT2D eigenvalue weighted by Crippen LogP contribution is -2.42. The molecule has 1 amide bonds. The van der Waals surface area contributed by atoms with Crippen LogP contribution in [0.1, 0.15) is 50.2 Å². The van der Waals surface area contributed by atoms with Crippen LogP contribution in [0.25, 0.3) is 6.08 Å². The Kier molecular flexibility index (Phi) is 6.85. The van der Waals surface area contributed by atoms with Crippen molar-refractivity contribution in [1.29, 1.82) is 0 Å². The summed E-state index contributed by atoms with van der Waals surface area (Å²) in [7, 11) is 0. The first kappa shape index (κ1) is 18.5. The van der Waals surface area contributed by atoms with E-state index in [9.17, 15) is 9.59 Å². The molecule has 4 nitrogen and oxygen atoms in total. The normalized spacial score (nSPS) is 16.8. The van der Waals surface area contributed by atoms with Gasteiger partial charge in [0.1, 0.15) is 0 Å². The Morgan fingerprint density at radius 2 is 2.00 bits per heavy atom. The first-order valence-electron chi connectivity index (χ1n) is 8.41. The molecule has 1 fully saturated rings. The van der Waals surface area contributed by atoms with Crippen molar-refractivity contribution in [3.8, 4) is 0 Å². The number of esters is 1. The molecule has 1 aromatic rings. The number of rotatable bonds is 5. The van der Waals surface area contributed by atoms with Crippen molar-refractivity contribution in [2.45, 2.75) is 58.1 Å². The molecule has 2 rings (SSSR count). The predicted molar refractivity (Wildman–Crippen MR) is 95.8 cm³/mol. The summed E-state index contributed by atoms with van der Waals surface area (Å²) in [5.41, 5.74) is 1.78. The topological polar surface area (TPSA) is 55.4 Å². The van der Waals surface area contributed by atoms with E-state index in [0.717, 1.165) is 36.8 Å². The number of benzene rings is 1. The third-order valence-electron chi connectivity index (χ3n) is 4.22. The van der Waals surface area contributed by atoms with Crippen molar-refractivity contribution < 1.29 is 14.3 Å². The highest BCUT2D eigenvalue weighted by atomic mass is 35.5. The Morgan fingerprint density at radius 3 is 2.67 bits per heavy atom. The van der Waals surface area contributed by atoms with E-state index in [-0.39, 0.29) is 11.9 Å². The van der Waals surface area contributed by atoms with Crippen LogP contribution in [0.3, 0.4) is 0 Å². The van der Waals surface area contributed by atoms with Crippen molar-refractivity contribution in [3.05, 3.63) is 40.4 Å². The third-order valence-corrected chi connectivity index (χ3v) is 4.63. The molecule has 0 unspecified atom stereocenters. The van der Waals surface area contributed by atoms with Crippen LogP contribution in [-0.2, 0) is 14.3 Å². The summed E-state index contributed by atoms with van der Waals surface area (Å²) in [5, 5.41) is 3.60. The molecule has 1 aliphatic carbocycles. The Labute approximate surface area is 148 Å². The molecule has 1 atom stereocenters. The third kappa shape index (κ3) is 5.68. The maximum Gasteiger partial charge on any atom is 0.331 e. The smallest absolute Gasteiger partial charge is 0.331 e. The number of amides is 1. The Hall–Kier alpha value is -1.81. The van der Waals surface area contributed by atoms with E-state index in [4.69, 9.17) is 16.3 Å². The standard InChI is InChI=1S/C19H24ClNO3/c1-13-8-9-15(12-17(13)20)10-11-18(22)24-14(2)19(23)21-16-6-4-3-5-7-16/h8-12,14,16H,3-7H2,1-2H3,(H,21,23)/b11-10+/t14-/m1/s1. The van der Waals surface area contributed by atoms with Gasteiger partial charge in [0.25, 0.3) is 5.91 Å². The molecule has 0 saturated heterocycles. The lowest BCUT2D eigenvalue weighted by Gasteiger charge is -2.24. The van der Waals surface area contributed by atoms with Gasteiger partial charge in [-0.05, 0) is 50.0 Å². The van der Waals surface area contributed by atoms with Crippen LogP contribution < -0.4 is 5.32 Å². The molecule has 1 N–H and O–H groups in total. The average molecular weight is 350 g/mol. The van der Waals surface area contributed by atoms with Crippen molar-refractivity contribution in [2.75, 3.05) is 0 Å². The molecule has 1 aromatic carbocycles. The second-order valence-corrected chi connectivity index (χ2v) is 6.67. The molecule has 1 saturated carbocycles. The average Bonchev–Trinajstić information content (AvgIpc) is 2.56. The summed E-state index contributed by atoms with van der Waals surface area (Å²) in [6, 6.07) is 5.73. The SMILES string of the molecule is Cc1ccc(/C=C/C(=O)O[C@H](C)C(=O)NC2CCCCC2)cc1Cl. The molecule has 1 aliphatic rings. The molecule has 24 heavy (non-hydrogen) atoms. The molecule has 0 spiro atoms. The van der Waals surface area contributed by atoms with Crippen molar-refractivity contribution in [1.82, 2.24) is 5.32 Å². The fraction of sp³-hybridized carbons (Fsp3) is 0.474. The van der Waals surface area contributed by atoms with E-state index in [1.54, 1.807) is 19.1 Å². The second-order valence-electron chi connectivity index (χ2n) is 6.26. The lowest BCUT2D eigenvalue weighted by atomic mass is 9.95. The van der Waals surface area contributed by atoms with Gasteiger partial charge in [0.05, 0.1) is 0 Å². The number of carbonyl (C=O) groups excluding carboxylic acids is 2. The molecule has 0 aliphatic heterocycles. The summed E-state index contributed by atoms with van der Waals surface area (Å²) in [5.74, 6) is -0.778. The van der Waals surface area contributed by atoms with Crippen molar-refractivity contribution in [2.24, 2.45) is 0 Å². The van der Waals surface area contributed by atoms with Gasteiger partial charge in [-0.1, -0.05) is 43.0 Å². The summed E-state index contributed by atoms with van der Waals surface area (Å²) in [6.45, 7) is 3.50. The number of nitrogens with one attached hydrogen (secondary N) is 1. The first-order valence-corrected chi connectivity index (χ1v) is 8.78. The molecular formula is C19H24ClNO3. The van der Waals surface area contributed by atoms with E-state index < -0.39 is 12.1 Å². The lowest BCUT2D eigenvalue weighted by molar-refractivity contribution is -0.150. The van der Waals surface area contributed by atoms with Crippen LogP contribution in [-0.4, -0.2) is 24.0 Å². The van der Waals surface area contributed by atoms with Gasteiger partial charge in [-0.3, -0.25) is 4.79 Å². The van der Waals surface area contributed by atoms with Crippen molar-refractivity contribution >= 4 is 29.6 Å². The molecule has 0 heterocycles. The summed E-state index contributed by atoms with van der Waals surface area (Å²) in [4.78, 5) is 23.9. The number of carbonyl (C=O) groups is 2. The van der Waals surface area contributed by atoms with E-state index in [1.807, 2.05) is 19.1 Å². The summed E-state index contributed by atoms with van der Waals surface area (Å²) >= 11 is 6.04. The van der Waals surface area contributed by atoms with Crippen molar-refractivity contribution in [3.63, 3.8) is 0 Å². The molecule has 0 radical (unpaired) electrons. The first-order chi connectivity index (χ1) is 11.5. The van der Waals surface area contributed by atoms with Gasteiger partial charge >= 0.3 is 5.97 Å². The Balaban J connectivity index is 1.82. The highest BCUT2D eigenvalue weighted by molar-refractivity contribution is 6.31. The van der Waals surface area contributed by atoms with Crippen LogP contribution in [0.15, 0.2) is 24.3 Å². The largest absolute Gasteiger partial charge is 0.449 e. The summed E-state index contributed by atoms with van der Waals surface area (Å²) in [6.07, 6.45) is 7.64. The van der Waals surface area contributed by atoms with E-state index in [1.165, 1.54) is 12.5 Å². The molecule has 5 heteroatoms. The minimum absolute atomic E-state index is 0.206. The minimum Gasteiger partial charge on any atom is -0.449 e. The van der Waals surface area contributed by atoms with Gasteiger partial charge in [0.2, 0.25) is 0 Å². The van der Waals surface area contributed by atoms with Crippen LogP contribution >= 0.6 is 11.6 Å². The van der Waals surface area contributed by atoms with Gasteiger partial charge in [-0.2, -0.15) is 0 Å². The van der Waals surface area contributed by atoms with Gasteiger partial charge < -0.3 is 10.1 Å². The molecular weight excluding hydrogens is 326 g/mol. The highest BCUT2D eigenvalue weighted by Gasteiger charge is 2.21. The maximum atomic E-state index is 12.1. The number of ether oxygens (including phenoxy) is 1. The van der Waals surface area contributed by atoms with Gasteiger partial charge in [0, 0.05) is 17.1 Å². The van der Waals surface area contributed by atoms with Gasteiger partial charge in [-0.25, -0.2) is 4.79 Å². The number of hydrogen-bond acceptors (Lipinski definition) is 3. The molecule has 0 bridgehead atoms. The monoisotopic (exact) mass is 349 g/mol. The zero-order valence-electron chi connectivity index (χ0n) is 14.2. The van der Waals surface area contributed by atoms with Gasteiger partial charge in [0.15, 0.2) is 6.10 Å².